The summed E-state index contributed by atoms with van der Waals surface area (Å²) in [5.41, 5.74) is 16.1. The number of anilines is 2. The minimum absolute atomic E-state index is 0.120. The molecule has 0 bridgehead atoms. The smallest absolute Gasteiger partial charge is 0.267 e. The monoisotopic (exact) mass is 486 g/mol. The van der Waals surface area contributed by atoms with E-state index in [0.717, 1.165) is 35.1 Å². The average molecular weight is 487 g/mol. The standard InChI is InChI=1S/C27H30N6O3/c1-4-7-22-21-9-6-5-8-19(21)16-31-33(22)24(34)11-10-18-12-17(14-23(35-2)25(18)36-3)13-20-15-30-27(29)32-26(20)28/h5-6,8-12,14-16,22H,4,7,13H2,1-3H3,(H4,28,29,30,32)/b11-10+. The van der Waals surface area contributed by atoms with Crippen LogP contribution in [0.4, 0.5) is 11.8 Å². The topological polar surface area (TPSA) is 129 Å². The fourth-order valence-electron chi connectivity index (χ4n) is 4.34. The molecule has 4 rings (SSSR count). The van der Waals surface area contributed by atoms with Crippen molar-refractivity contribution in [3.63, 3.8) is 0 Å². The molecular weight excluding hydrogens is 456 g/mol. The molecule has 0 spiro atoms. The number of ether oxygens (including phenoxy) is 2. The van der Waals surface area contributed by atoms with Crippen LogP contribution in [0, 0.1) is 0 Å². The minimum Gasteiger partial charge on any atom is -0.493 e. The largest absolute Gasteiger partial charge is 0.493 e. The van der Waals surface area contributed by atoms with Gasteiger partial charge in [0.15, 0.2) is 11.5 Å². The summed E-state index contributed by atoms with van der Waals surface area (Å²) in [5.74, 6) is 1.27. The van der Waals surface area contributed by atoms with E-state index < -0.39 is 0 Å². The second kappa shape index (κ2) is 10.9. The first-order valence-corrected chi connectivity index (χ1v) is 11.7. The summed E-state index contributed by atoms with van der Waals surface area (Å²) >= 11 is 0. The number of hydrogen-bond donors (Lipinski definition) is 2. The lowest BCUT2D eigenvalue weighted by molar-refractivity contribution is -0.128. The number of nitrogens with two attached hydrogens (primary N) is 2. The van der Waals surface area contributed by atoms with Crippen molar-refractivity contribution in [2.24, 2.45) is 5.10 Å². The number of carbonyl (C=O) groups excluding carboxylic acids is 1. The summed E-state index contributed by atoms with van der Waals surface area (Å²) in [6.07, 6.45) is 8.75. The highest BCUT2D eigenvalue weighted by atomic mass is 16.5. The maximum Gasteiger partial charge on any atom is 0.267 e. The average Bonchev–Trinajstić information content (AvgIpc) is 2.88. The van der Waals surface area contributed by atoms with E-state index in [9.17, 15) is 4.79 Å². The van der Waals surface area contributed by atoms with Gasteiger partial charge in [0.2, 0.25) is 5.95 Å². The summed E-state index contributed by atoms with van der Waals surface area (Å²) in [6.45, 7) is 2.10. The van der Waals surface area contributed by atoms with Crippen LogP contribution in [-0.2, 0) is 11.2 Å². The van der Waals surface area contributed by atoms with Crippen LogP contribution in [0.2, 0.25) is 0 Å². The second-order valence-electron chi connectivity index (χ2n) is 8.43. The van der Waals surface area contributed by atoms with Crippen molar-refractivity contribution in [2.45, 2.75) is 32.2 Å². The van der Waals surface area contributed by atoms with Gasteiger partial charge < -0.3 is 20.9 Å². The molecule has 2 aromatic carbocycles. The molecule has 9 heteroatoms. The van der Waals surface area contributed by atoms with Crippen LogP contribution in [0.5, 0.6) is 11.5 Å². The first kappa shape index (κ1) is 24.7. The van der Waals surface area contributed by atoms with E-state index in [1.54, 1.807) is 37.7 Å². The normalized spacial score (nSPS) is 14.6. The third kappa shape index (κ3) is 5.14. The molecule has 0 saturated carbocycles. The van der Waals surface area contributed by atoms with Crippen molar-refractivity contribution in [1.82, 2.24) is 15.0 Å². The summed E-state index contributed by atoms with van der Waals surface area (Å²) in [6, 6.07) is 11.7. The maximum absolute atomic E-state index is 13.3. The molecule has 36 heavy (non-hydrogen) atoms. The number of hydrogen-bond acceptors (Lipinski definition) is 8. The van der Waals surface area contributed by atoms with Gasteiger partial charge in [-0.15, -0.1) is 0 Å². The maximum atomic E-state index is 13.3. The van der Waals surface area contributed by atoms with Gasteiger partial charge in [0.25, 0.3) is 5.91 Å². The molecular formula is C27H30N6O3. The SMILES string of the molecule is CCCC1c2ccccc2C=NN1C(=O)/C=C/c1cc(Cc2cnc(N)nc2N)cc(OC)c1OC. The molecule has 1 aliphatic rings. The minimum atomic E-state index is -0.221. The molecule has 0 radical (unpaired) electrons. The number of amides is 1. The molecule has 0 saturated heterocycles. The molecule has 1 unspecified atom stereocenters. The Bertz CT molecular complexity index is 1320. The highest BCUT2D eigenvalue weighted by Gasteiger charge is 2.27. The van der Waals surface area contributed by atoms with E-state index in [1.807, 2.05) is 30.3 Å². The number of nitrogens with zero attached hydrogens (tertiary/aromatic N) is 4. The summed E-state index contributed by atoms with van der Waals surface area (Å²) in [5, 5.41) is 6.01. The number of rotatable bonds is 8. The highest BCUT2D eigenvalue weighted by molar-refractivity contribution is 5.95. The Balaban J connectivity index is 1.64. The molecule has 3 aromatic rings. The predicted octanol–water partition coefficient (Wildman–Crippen LogP) is 3.98. The van der Waals surface area contributed by atoms with Crippen LogP contribution >= 0.6 is 0 Å². The van der Waals surface area contributed by atoms with Gasteiger partial charge in [-0.2, -0.15) is 10.1 Å². The zero-order valence-corrected chi connectivity index (χ0v) is 20.6. The number of carbonyl (C=O) groups is 1. The summed E-state index contributed by atoms with van der Waals surface area (Å²) in [4.78, 5) is 21.3. The van der Waals surface area contributed by atoms with Crippen LogP contribution in [0.25, 0.3) is 6.08 Å². The first-order chi connectivity index (χ1) is 17.4. The third-order valence-electron chi connectivity index (χ3n) is 6.04. The van der Waals surface area contributed by atoms with Crippen molar-refractivity contribution in [1.29, 1.82) is 0 Å². The number of aromatic nitrogens is 2. The van der Waals surface area contributed by atoms with Crippen molar-refractivity contribution >= 4 is 30.0 Å². The lowest BCUT2D eigenvalue weighted by Gasteiger charge is -2.31. The van der Waals surface area contributed by atoms with E-state index in [0.29, 0.717) is 29.3 Å². The quantitative estimate of drug-likeness (QED) is 0.461. The number of methoxy groups -OCH3 is 2. The van der Waals surface area contributed by atoms with Crippen molar-refractivity contribution < 1.29 is 14.3 Å². The van der Waals surface area contributed by atoms with Crippen molar-refractivity contribution in [3.8, 4) is 11.5 Å². The Morgan fingerprint density at radius 3 is 2.69 bits per heavy atom. The fourth-order valence-corrected chi connectivity index (χ4v) is 4.34. The van der Waals surface area contributed by atoms with Gasteiger partial charge >= 0.3 is 0 Å². The fraction of sp³-hybridized carbons (Fsp3) is 0.259. The van der Waals surface area contributed by atoms with E-state index in [-0.39, 0.29) is 17.9 Å². The number of benzene rings is 2. The Labute approximate surface area is 210 Å². The molecule has 4 N–H and O–H groups in total. The van der Waals surface area contributed by atoms with E-state index in [4.69, 9.17) is 20.9 Å². The zero-order chi connectivity index (χ0) is 25.7. The van der Waals surface area contributed by atoms with Gasteiger partial charge in [-0.25, -0.2) is 9.99 Å². The molecule has 0 fully saturated rings. The molecule has 2 heterocycles. The molecule has 9 nitrogen and oxygen atoms in total. The van der Waals surface area contributed by atoms with Crippen molar-refractivity contribution in [3.05, 3.63) is 76.5 Å². The molecule has 186 valence electrons. The van der Waals surface area contributed by atoms with Crippen LogP contribution in [0.3, 0.4) is 0 Å². The van der Waals surface area contributed by atoms with Gasteiger partial charge in [0.1, 0.15) is 5.82 Å². The Kier molecular flexibility index (Phi) is 7.48. The highest BCUT2D eigenvalue weighted by Crippen LogP contribution is 2.35. The van der Waals surface area contributed by atoms with Gasteiger partial charge in [-0.3, -0.25) is 4.79 Å². The van der Waals surface area contributed by atoms with E-state index in [1.165, 1.54) is 6.08 Å². The van der Waals surface area contributed by atoms with Crippen molar-refractivity contribution in [2.75, 3.05) is 25.7 Å². The lowest BCUT2D eigenvalue weighted by Crippen LogP contribution is -2.32. The van der Waals surface area contributed by atoms with Gasteiger partial charge in [0.05, 0.1) is 26.5 Å². The van der Waals surface area contributed by atoms with Crippen LogP contribution in [-0.4, -0.2) is 41.3 Å². The predicted molar refractivity (Wildman–Crippen MR) is 141 cm³/mol. The third-order valence-corrected chi connectivity index (χ3v) is 6.04. The number of nitrogen functional groups attached to an aromatic ring is 2. The number of fused-ring (bicyclic) bond motifs is 1. The van der Waals surface area contributed by atoms with E-state index >= 15 is 0 Å². The molecule has 0 aliphatic carbocycles. The molecule has 1 aromatic heterocycles. The van der Waals surface area contributed by atoms with Gasteiger partial charge in [0, 0.05) is 29.8 Å². The molecule has 1 aliphatic heterocycles. The van der Waals surface area contributed by atoms with Gasteiger partial charge in [-0.1, -0.05) is 37.6 Å². The van der Waals surface area contributed by atoms with Crippen LogP contribution in [0.1, 0.15) is 53.6 Å². The zero-order valence-electron chi connectivity index (χ0n) is 20.6. The van der Waals surface area contributed by atoms with Gasteiger partial charge in [-0.05, 0) is 41.3 Å². The first-order valence-electron chi connectivity index (χ1n) is 11.7. The van der Waals surface area contributed by atoms with E-state index in [2.05, 4.69) is 28.1 Å². The number of hydrazone groups is 1. The Hall–Kier alpha value is -4.40. The lowest BCUT2D eigenvalue weighted by atomic mass is 9.95. The summed E-state index contributed by atoms with van der Waals surface area (Å²) in [7, 11) is 3.13. The van der Waals surface area contributed by atoms with Crippen LogP contribution in [0.15, 0.2) is 53.8 Å². The molecule has 1 atom stereocenters. The van der Waals surface area contributed by atoms with Crippen LogP contribution < -0.4 is 20.9 Å². The molecule has 1 amide bonds. The Morgan fingerprint density at radius 2 is 1.97 bits per heavy atom. The Morgan fingerprint density at radius 1 is 1.17 bits per heavy atom. The summed E-state index contributed by atoms with van der Waals surface area (Å²) < 4.78 is 11.2. The second-order valence-corrected chi connectivity index (χ2v) is 8.43.